The topological polar surface area (TPSA) is 87.7 Å². The first-order valence-corrected chi connectivity index (χ1v) is 7.97. The number of urea groups is 1. The van der Waals surface area contributed by atoms with E-state index in [0.29, 0.717) is 11.4 Å². The maximum absolute atomic E-state index is 12.0. The van der Waals surface area contributed by atoms with E-state index in [1.54, 1.807) is 24.3 Å². The first-order valence-electron chi connectivity index (χ1n) is 7.97. The molecule has 1 aromatic carbocycles. The van der Waals surface area contributed by atoms with Crippen LogP contribution in [-0.4, -0.2) is 28.7 Å². The molecule has 1 aliphatic carbocycles. The Bertz CT molecular complexity index is 548. The van der Waals surface area contributed by atoms with Gasteiger partial charge in [0.15, 0.2) is 5.60 Å². The molecule has 0 spiro atoms. The highest BCUT2D eigenvalue weighted by molar-refractivity contribution is 5.89. The molecule has 0 saturated heterocycles. The fourth-order valence-electron chi connectivity index (χ4n) is 2.54. The van der Waals surface area contributed by atoms with Crippen LogP contribution in [0.5, 0.6) is 5.75 Å². The van der Waals surface area contributed by atoms with Gasteiger partial charge in [0.25, 0.3) is 0 Å². The molecule has 0 radical (unpaired) electrons. The number of aliphatic carboxylic acids is 1. The van der Waals surface area contributed by atoms with E-state index >= 15 is 0 Å². The van der Waals surface area contributed by atoms with Gasteiger partial charge in [0, 0.05) is 11.7 Å². The fraction of sp³-hybridized carbons (Fsp3) is 0.529. The third kappa shape index (κ3) is 5.16. The summed E-state index contributed by atoms with van der Waals surface area (Å²) in [5.41, 5.74) is -0.661. The highest BCUT2D eigenvalue weighted by Gasteiger charge is 2.29. The minimum atomic E-state index is -1.30. The normalized spacial score (nSPS) is 15.7. The molecular weight excluding hydrogens is 296 g/mol. The second-order valence-electron chi connectivity index (χ2n) is 6.38. The lowest BCUT2D eigenvalue weighted by Crippen LogP contribution is -2.39. The van der Waals surface area contributed by atoms with Gasteiger partial charge in [0.1, 0.15) is 5.75 Å². The maximum Gasteiger partial charge on any atom is 0.347 e. The lowest BCUT2D eigenvalue weighted by Gasteiger charge is -2.23. The number of nitrogens with one attached hydrogen (secondary N) is 2. The average molecular weight is 320 g/mol. The van der Waals surface area contributed by atoms with E-state index in [0.717, 1.165) is 25.7 Å². The zero-order valence-electron chi connectivity index (χ0n) is 13.6. The van der Waals surface area contributed by atoms with Crippen LogP contribution in [0.3, 0.4) is 0 Å². The maximum atomic E-state index is 12.0. The third-order valence-electron chi connectivity index (χ3n) is 3.94. The molecule has 0 unspecified atom stereocenters. The van der Waals surface area contributed by atoms with E-state index in [-0.39, 0.29) is 12.1 Å². The Morgan fingerprint density at radius 1 is 1.13 bits per heavy atom. The monoisotopic (exact) mass is 320 g/mol. The highest BCUT2D eigenvalue weighted by atomic mass is 16.5. The van der Waals surface area contributed by atoms with Crippen molar-refractivity contribution in [3.63, 3.8) is 0 Å². The molecule has 23 heavy (non-hydrogen) atoms. The standard InChI is InChI=1S/C17H24N2O4/c1-17(2,15(20)21)23-14-10-8-13(9-11-14)19-16(22)18-12-6-4-3-5-7-12/h8-12H,3-7H2,1-2H3,(H,20,21)(H2,18,19,22). The average Bonchev–Trinajstić information content (AvgIpc) is 2.50. The first kappa shape index (κ1) is 17.1. The molecule has 1 aliphatic rings. The molecule has 0 aromatic heterocycles. The van der Waals surface area contributed by atoms with E-state index in [2.05, 4.69) is 10.6 Å². The quantitative estimate of drug-likeness (QED) is 0.776. The predicted octanol–water partition coefficient (Wildman–Crippen LogP) is 3.38. The SMILES string of the molecule is CC(C)(Oc1ccc(NC(=O)NC2CCCCC2)cc1)C(=O)O. The lowest BCUT2D eigenvalue weighted by molar-refractivity contribution is -0.152. The van der Waals surface area contributed by atoms with Gasteiger partial charge in [-0.15, -0.1) is 0 Å². The number of carbonyl (C=O) groups is 2. The van der Waals surface area contributed by atoms with Crippen LogP contribution in [0.15, 0.2) is 24.3 Å². The number of hydrogen-bond donors (Lipinski definition) is 3. The summed E-state index contributed by atoms with van der Waals surface area (Å²) in [7, 11) is 0. The molecule has 0 bridgehead atoms. The van der Waals surface area contributed by atoms with Gasteiger partial charge in [-0.05, 0) is 51.0 Å². The van der Waals surface area contributed by atoms with Gasteiger partial charge in [-0.25, -0.2) is 9.59 Å². The number of hydrogen-bond acceptors (Lipinski definition) is 3. The molecule has 2 rings (SSSR count). The van der Waals surface area contributed by atoms with Crippen molar-refractivity contribution in [3.05, 3.63) is 24.3 Å². The van der Waals surface area contributed by atoms with E-state index in [4.69, 9.17) is 9.84 Å². The highest BCUT2D eigenvalue weighted by Crippen LogP contribution is 2.21. The van der Waals surface area contributed by atoms with Crippen LogP contribution in [0.2, 0.25) is 0 Å². The molecule has 0 heterocycles. The van der Waals surface area contributed by atoms with Gasteiger partial charge in [-0.3, -0.25) is 0 Å². The molecule has 1 fully saturated rings. The third-order valence-corrected chi connectivity index (χ3v) is 3.94. The fourth-order valence-corrected chi connectivity index (χ4v) is 2.54. The summed E-state index contributed by atoms with van der Waals surface area (Å²) in [6, 6.07) is 6.70. The second-order valence-corrected chi connectivity index (χ2v) is 6.38. The second kappa shape index (κ2) is 7.35. The Kier molecular flexibility index (Phi) is 5.47. The molecule has 3 N–H and O–H groups in total. The van der Waals surface area contributed by atoms with Crippen molar-refractivity contribution in [1.82, 2.24) is 5.32 Å². The van der Waals surface area contributed by atoms with Crippen molar-refractivity contribution in [1.29, 1.82) is 0 Å². The van der Waals surface area contributed by atoms with Crippen LogP contribution in [0.4, 0.5) is 10.5 Å². The van der Waals surface area contributed by atoms with Crippen LogP contribution < -0.4 is 15.4 Å². The number of amides is 2. The number of carboxylic acid groups (broad SMARTS) is 1. The summed E-state index contributed by atoms with van der Waals surface area (Å²) in [4.78, 5) is 23.0. The number of benzene rings is 1. The zero-order chi connectivity index (χ0) is 16.9. The number of anilines is 1. The van der Waals surface area contributed by atoms with Crippen LogP contribution in [-0.2, 0) is 4.79 Å². The minimum absolute atomic E-state index is 0.212. The summed E-state index contributed by atoms with van der Waals surface area (Å²) >= 11 is 0. The summed E-state index contributed by atoms with van der Waals surface area (Å²) in [6.45, 7) is 2.97. The van der Waals surface area contributed by atoms with Crippen molar-refractivity contribution < 1.29 is 19.4 Å². The molecule has 1 aromatic rings. The van der Waals surface area contributed by atoms with E-state index in [1.165, 1.54) is 20.3 Å². The Hall–Kier alpha value is -2.24. The van der Waals surface area contributed by atoms with Crippen LogP contribution in [0, 0.1) is 0 Å². The molecule has 0 atom stereocenters. The van der Waals surface area contributed by atoms with Gasteiger partial charge >= 0.3 is 12.0 Å². The van der Waals surface area contributed by atoms with Crippen molar-refractivity contribution in [2.75, 3.05) is 5.32 Å². The first-order chi connectivity index (χ1) is 10.9. The summed E-state index contributed by atoms with van der Waals surface area (Å²) in [6.07, 6.45) is 5.63. The summed E-state index contributed by atoms with van der Waals surface area (Å²) in [5, 5.41) is 14.8. The largest absolute Gasteiger partial charge is 0.478 e. The molecule has 6 heteroatoms. The Labute approximate surface area is 136 Å². The molecule has 6 nitrogen and oxygen atoms in total. The van der Waals surface area contributed by atoms with Crippen LogP contribution in [0.25, 0.3) is 0 Å². The number of ether oxygens (including phenoxy) is 1. The Morgan fingerprint density at radius 3 is 2.30 bits per heavy atom. The molecule has 2 amide bonds. The number of carbonyl (C=O) groups excluding carboxylic acids is 1. The molecule has 126 valence electrons. The molecular formula is C17H24N2O4. The van der Waals surface area contributed by atoms with Crippen LogP contribution >= 0.6 is 0 Å². The predicted molar refractivity (Wildman–Crippen MR) is 87.8 cm³/mol. The Morgan fingerprint density at radius 2 is 1.74 bits per heavy atom. The molecule has 1 saturated carbocycles. The van der Waals surface area contributed by atoms with Gasteiger partial charge in [0.05, 0.1) is 0 Å². The smallest absolute Gasteiger partial charge is 0.347 e. The number of carboxylic acids is 1. The Balaban J connectivity index is 1.87. The van der Waals surface area contributed by atoms with Crippen molar-refractivity contribution in [2.45, 2.75) is 57.6 Å². The van der Waals surface area contributed by atoms with Gasteiger partial charge < -0.3 is 20.5 Å². The zero-order valence-corrected chi connectivity index (χ0v) is 13.6. The van der Waals surface area contributed by atoms with Gasteiger partial charge in [0.2, 0.25) is 0 Å². The van der Waals surface area contributed by atoms with Crippen molar-refractivity contribution in [3.8, 4) is 5.75 Å². The van der Waals surface area contributed by atoms with E-state index in [1.807, 2.05) is 0 Å². The van der Waals surface area contributed by atoms with Crippen molar-refractivity contribution >= 4 is 17.7 Å². The number of rotatable bonds is 5. The van der Waals surface area contributed by atoms with Gasteiger partial charge in [-0.2, -0.15) is 0 Å². The van der Waals surface area contributed by atoms with Crippen LogP contribution in [0.1, 0.15) is 46.0 Å². The van der Waals surface area contributed by atoms with Crippen molar-refractivity contribution in [2.24, 2.45) is 0 Å². The van der Waals surface area contributed by atoms with Gasteiger partial charge in [-0.1, -0.05) is 19.3 Å². The minimum Gasteiger partial charge on any atom is -0.478 e. The summed E-state index contributed by atoms with van der Waals surface area (Å²) in [5.74, 6) is -0.595. The molecule has 0 aliphatic heterocycles. The van der Waals surface area contributed by atoms with E-state index < -0.39 is 11.6 Å². The lowest BCUT2D eigenvalue weighted by atomic mass is 9.96. The van der Waals surface area contributed by atoms with E-state index in [9.17, 15) is 9.59 Å². The summed E-state index contributed by atoms with van der Waals surface area (Å²) < 4.78 is 5.42.